The molecule has 13 heavy (non-hydrogen) atoms. The molecule has 1 nitrogen and oxygen atoms in total. The second-order valence-corrected chi connectivity index (χ2v) is 3.21. The summed E-state index contributed by atoms with van der Waals surface area (Å²) in [7, 11) is 0. The molecule has 1 aromatic heterocycles. The summed E-state index contributed by atoms with van der Waals surface area (Å²) < 4.78 is 24.5. The quantitative estimate of drug-likeness (QED) is 0.700. The summed E-state index contributed by atoms with van der Waals surface area (Å²) in [6, 6.07) is 1.16. The van der Waals surface area contributed by atoms with Crippen LogP contribution in [0.3, 0.4) is 0 Å². The van der Waals surface area contributed by atoms with Crippen LogP contribution in [0.2, 0.25) is 5.02 Å². The third-order valence-electron chi connectivity index (χ3n) is 1.68. The Morgan fingerprint density at radius 2 is 2.15 bits per heavy atom. The summed E-state index contributed by atoms with van der Waals surface area (Å²) >= 11 is 11.2. The zero-order valence-electron chi connectivity index (χ0n) is 6.82. The van der Waals surface area contributed by atoms with Crippen LogP contribution in [0.15, 0.2) is 6.07 Å². The van der Waals surface area contributed by atoms with Crippen molar-refractivity contribution in [3.63, 3.8) is 0 Å². The molecule has 0 aliphatic carbocycles. The molecule has 0 saturated carbocycles. The molecule has 1 heterocycles. The molecular weight excluding hydrogens is 219 g/mol. The first-order chi connectivity index (χ1) is 6.06. The number of hydrogen-bond acceptors (Lipinski definition) is 1. The Morgan fingerprint density at radius 1 is 1.54 bits per heavy atom. The van der Waals surface area contributed by atoms with Crippen molar-refractivity contribution in [1.29, 1.82) is 0 Å². The van der Waals surface area contributed by atoms with Gasteiger partial charge in [0.05, 0.1) is 11.6 Å². The number of rotatable bonds is 2. The molecule has 0 aliphatic heterocycles. The average Bonchev–Trinajstić information content (AvgIpc) is 2.09. The van der Waals surface area contributed by atoms with E-state index in [0.717, 1.165) is 6.07 Å². The van der Waals surface area contributed by atoms with Crippen LogP contribution in [0.25, 0.3) is 0 Å². The molecule has 1 rings (SSSR count). The topological polar surface area (TPSA) is 12.9 Å². The van der Waals surface area contributed by atoms with Gasteiger partial charge in [-0.15, -0.1) is 11.6 Å². The lowest BCUT2D eigenvalue weighted by Crippen LogP contribution is -1.98. The van der Waals surface area contributed by atoms with Crippen molar-refractivity contribution in [2.45, 2.75) is 19.2 Å². The lowest BCUT2D eigenvalue weighted by atomic mass is 10.2. The van der Waals surface area contributed by atoms with E-state index < -0.39 is 6.43 Å². The van der Waals surface area contributed by atoms with E-state index in [4.69, 9.17) is 23.2 Å². The Kier molecular flexibility index (Phi) is 3.45. The maximum absolute atomic E-state index is 12.2. The summed E-state index contributed by atoms with van der Waals surface area (Å²) in [5.41, 5.74) is 0.733. The highest BCUT2D eigenvalue weighted by molar-refractivity contribution is 6.31. The molecule has 0 fully saturated rings. The van der Waals surface area contributed by atoms with Gasteiger partial charge in [-0.1, -0.05) is 11.6 Å². The highest BCUT2D eigenvalue weighted by atomic mass is 35.5. The fraction of sp³-hybridized carbons (Fsp3) is 0.375. The van der Waals surface area contributed by atoms with Gasteiger partial charge in [0.15, 0.2) is 0 Å². The molecule has 0 N–H and O–H groups in total. The number of aromatic nitrogens is 1. The van der Waals surface area contributed by atoms with Crippen LogP contribution in [0.4, 0.5) is 8.78 Å². The van der Waals surface area contributed by atoms with Gasteiger partial charge in [-0.05, 0) is 18.6 Å². The lowest BCUT2D eigenvalue weighted by Gasteiger charge is -2.06. The Bertz CT molecular complexity index is 315. The molecule has 72 valence electrons. The number of halogens is 4. The van der Waals surface area contributed by atoms with E-state index in [-0.39, 0.29) is 16.6 Å². The zero-order chi connectivity index (χ0) is 10.0. The van der Waals surface area contributed by atoms with Crippen LogP contribution < -0.4 is 0 Å². The van der Waals surface area contributed by atoms with Crippen molar-refractivity contribution in [1.82, 2.24) is 4.98 Å². The summed E-state index contributed by atoms with van der Waals surface area (Å²) in [5, 5.41) is 0.279. The maximum Gasteiger partial charge on any atom is 0.280 e. The minimum absolute atomic E-state index is 0.0894. The van der Waals surface area contributed by atoms with E-state index in [1.165, 1.54) is 0 Å². The predicted octanol–water partition coefficient (Wildman–Crippen LogP) is 3.72. The third-order valence-corrected chi connectivity index (χ3v) is 2.33. The van der Waals surface area contributed by atoms with Gasteiger partial charge in [0.1, 0.15) is 5.69 Å². The average molecular weight is 226 g/mol. The fourth-order valence-electron chi connectivity index (χ4n) is 0.890. The molecule has 5 heteroatoms. The standard InChI is InChI=1S/C8H7Cl2F2N/c1-4-5(10)2-6(8(11)12)13-7(4)3-9/h2,8H,3H2,1H3. The molecule has 0 amide bonds. The van der Waals surface area contributed by atoms with Crippen LogP contribution in [-0.4, -0.2) is 4.98 Å². The van der Waals surface area contributed by atoms with Gasteiger partial charge in [0.25, 0.3) is 6.43 Å². The van der Waals surface area contributed by atoms with Crippen LogP contribution in [-0.2, 0) is 5.88 Å². The molecule has 0 aliphatic rings. The monoisotopic (exact) mass is 225 g/mol. The van der Waals surface area contributed by atoms with Crippen LogP contribution in [0.1, 0.15) is 23.4 Å². The minimum Gasteiger partial charge on any atom is -0.250 e. The lowest BCUT2D eigenvalue weighted by molar-refractivity contribution is 0.146. The van der Waals surface area contributed by atoms with Gasteiger partial charge < -0.3 is 0 Å². The molecular formula is C8H7Cl2F2N. The summed E-state index contributed by atoms with van der Waals surface area (Å²) in [6.07, 6.45) is -2.61. The Hall–Kier alpha value is -0.410. The SMILES string of the molecule is Cc1c(Cl)cc(C(F)F)nc1CCl. The maximum atomic E-state index is 12.2. The summed E-state index contributed by atoms with van der Waals surface area (Å²) in [5.74, 6) is 0.0894. The number of hydrogen-bond donors (Lipinski definition) is 0. The molecule has 0 aromatic carbocycles. The molecule has 1 aromatic rings. The molecule has 0 radical (unpaired) electrons. The first kappa shape index (κ1) is 10.7. The highest BCUT2D eigenvalue weighted by Gasteiger charge is 2.13. The van der Waals surface area contributed by atoms with Crippen LogP contribution in [0.5, 0.6) is 0 Å². The number of alkyl halides is 3. The van der Waals surface area contributed by atoms with Gasteiger partial charge in [0.2, 0.25) is 0 Å². The molecule has 0 bridgehead atoms. The minimum atomic E-state index is -2.61. The summed E-state index contributed by atoms with van der Waals surface area (Å²) in [4.78, 5) is 3.68. The Balaban J connectivity index is 3.22. The first-order valence-corrected chi connectivity index (χ1v) is 4.47. The van der Waals surface area contributed by atoms with E-state index in [2.05, 4.69) is 4.98 Å². The normalized spacial score (nSPS) is 10.9. The molecule has 0 atom stereocenters. The van der Waals surface area contributed by atoms with Gasteiger partial charge in [-0.3, -0.25) is 4.98 Å². The molecule has 0 spiro atoms. The van der Waals surface area contributed by atoms with Gasteiger partial charge >= 0.3 is 0 Å². The predicted molar refractivity (Wildman–Crippen MR) is 48.5 cm³/mol. The van der Waals surface area contributed by atoms with Crippen molar-refractivity contribution < 1.29 is 8.78 Å². The van der Waals surface area contributed by atoms with E-state index >= 15 is 0 Å². The van der Waals surface area contributed by atoms with Crippen molar-refractivity contribution >= 4 is 23.2 Å². The van der Waals surface area contributed by atoms with Gasteiger partial charge in [0, 0.05) is 5.02 Å². The molecule has 0 unspecified atom stereocenters. The largest absolute Gasteiger partial charge is 0.280 e. The van der Waals surface area contributed by atoms with Gasteiger partial charge in [-0.25, -0.2) is 8.78 Å². The van der Waals surface area contributed by atoms with E-state index in [1.807, 2.05) is 0 Å². The second-order valence-electron chi connectivity index (χ2n) is 2.53. The van der Waals surface area contributed by atoms with Gasteiger partial charge in [-0.2, -0.15) is 0 Å². The summed E-state index contributed by atoms with van der Waals surface area (Å²) in [6.45, 7) is 1.70. The third kappa shape index (κ3) is 2.29. The second kappa shape index (κ2) is 4.20. The van der Waals surface area contributed by atoms with Crippen molar-refractivity contribution in [3.8, 4) is 0 Å². The number of pyridine rings is 1. The zero-order valence-corrected chi connectivity index (χ0v) is 8.33. The Labute approximate surface area is 84.7 Å². The fourth-order valence-corrected chi connectivity index (χ4v) is 1.37. The van der Waals surface area contributed by atoms with Crippen molar-refractivity contribution in [3.05, 3.63) is 28.0 Å². The van der Waals surface area contributed by atoms with Crippen LogP contribution >= 0.6 is 23.2 Å². The smallest absolute Gasteiger partial charge is 0.250 e. The molecule has 0 saturated heterocycles. The van der Waals surface area contributed by atoms with Crippen molar-refractivity contribution in [2.75, 3.05) is 0 Å². The van der Waals surface area contributed by atoms with Crippen molar-refractivity contribution in [2.24, 2.45) is 0 Å². The first-order valence-electron chi connectivity index (χ1n) is 3.56. The van der Waals surface area contributed by atoms with E-state index in [0.29, 0.717) is 11.3 Å². The highest BCUT2D eigenvalue weighted by Crippen LogP contribution is 2.25. The Morgan fingerprint density at radius 3 is 2.62 bits per heavy atom. The van der Waals surface area contributed by atoms with Crippen LogP contribution in [0, 0.1) is 6.92 Å². The van der Waals surface area contributed by atoms with E-state index in [9.17, 15) is 8.78 Å². The number of nitrogens with zero attached hydrogens (tertiary/aromatic N) is 1. The van der Waals surface area contributed by atoms with E-state index in [1.54, 1.807) is 6.92 Å².